The van der Waals surface area contributed by atoms with Crippen molar-refractivity contribution in [1.29, 1.82) is 0 Å². The normalized spacial score (nSPS) is 8.69. The highest BCUT2D eigenvalue weighted by Gasteiger charge is 1.85. The number of hydrogen-bond acceptors (Lipinski definition) is 1. The summed E-state index contributed by atoms with van der Waals surface area (Å²) >= 11 is 7.61. The smallest absolute Gasteiger partial charge is 0.0310 e. The quantitative estimate of drug-likeness (QED) is 0.506. The van der Waals surface area contributed by atoms with E-state index < -0.39 is 0 Å². The predicted octanol–water partition coefficient (Wildman–Crippen LogP) is 3.71. The summed E-state index contributed by atoms with van der Waals surface area (Å²) in [7, 11) is 0. The fraction of sp³-hybridized carbons (Fsp3) is 0. The van der Waals surface area contributed by atoms with Gasteiger partial charge in [-0.15, -0.1) is 12.6 Å². The molecule has 0 aliphatic heterocycles. The lowest BCUT2D eigenvalue weighted by Crippen LogP contribution is -1.67. The van der Waals surface area contributed by atoms with Crippen LogP contribution in [0.25, 0.3) is 10.8 Å². The van der Waals surface area contributed by atoms with Gasteiger partial charge in [-0.3, -0.25) is 0 Å². The van der Waals surface area contributed by atoms with E-state index in [-0.39, 0.29) is 0 Å². The maximum absolute atomic E-state index is 4.13. The molecule has 0 aromatic heterocycles. The summed E-state index contributed by atoms with van der Waals surface area (Å²) < 4.78 is 1.28. The van der Waals surface area contributed by atoms with E-state index in [4.69, 9.17) is 0 Å². The van der Waals surface area contributed by atoms with Crippen molar-refractivity contribution in [3.63, 3.8) is 0 Å². The summed E-state index contributed by atoms with van der Waals surface area (Å²) in [6.45, 7) is 0. The Hall–Kier alpha value is -0.860. The number of benzene rings is 2. The summed E-state index contributed by atoms with van der Waals surface area (Å²) in [6.07, 6.45) is 0. The molecule has 2 rings (SSSR count). The van der Waals surface area contributed by atoms with Gasteiger partial charge in [-0.25, -0.2) is 0 Å². The first-order chi connectivity index (χ1) is 6.38. The van der Waals surface area contributed by atoms with Crippen molar-refractivity contribution in [3.8, 4) is 0 Å². The van der Waals surface area contributed by atoms with Gasteiger partial charge in [0.25, 0.3) is 0 Å². The average molecular weight is 206 g/mol. The summed E-state index contributed by atoms with van der Waals surface area (Å²) in [5.74, 6) is 0. The Morgan fingerprint density at radius 3 is 1.31 bits per heavy atom. The minimum absolute atomic E-state index is 1.28. The highest BCUT2D eigenvalue weighted by atomic mass is 32.1. The van der Waals surface area contributed by atoms with Crippen molar-refractivity contribution in [2.75, 3.05) is 0 Å². The molecule has 0 spiro atoms. The standard InChI is InChI=1S/C10H8.CH2S2/c1-2-6-10-8-4-3-7-9(10)5-1;2-1-3/h1-8H;1H,(H,2,3). The lowest BCUT2D eigenvalue weighted by Gasteiger charge is -1.92. The number of hydrogen-bond donors (Lipinski definition) is 1. The number of fused-ring (bicyclic) bond motifs is 1. The van der Waals surface area contributed by atoms with Gasteiger partial charge < -0.3 is 0 Å². The molecule has 0 nitrogen and oxygen atoms in total. The highest BCUT2D eigenvalue weighted by Crippen LogP contribution is 2.11. The second kappa shape index (κ2) is 5.73. The van der Waals surface area contributed by atoms with Crippen LogP contribution in [0.2, 0.25) is 0 Å². The summed E-state index contributed by atoms with van der Waals surface area (Å²) in [5.41, 5.74) is 0. The van der Waals surface area contributed by atoms with Crippen LogP contribution in [-0.2, 0) is 0 Å². The molecule has 0 unspecified atom stereocenters. The molecule has 0 atom stereocenters. The highest BCUT2D eigenvalue weighted by molar-refractivity contribution is 8.08. The van der Waals surface area contributed by atoms with Crippen LogP contribution in [-0.4, -0.2) is 4.70 Å². The minimum atomic E-state index is 1.28. The molecule has 2 heteroatoms. The fourth-order valence-corrected chi connectivity index (χ4v) is 1.13. The Labute approximate surface area is 89.0 Å². The van der Waals surface area contributed by atoms with Crippen molar-refractivity contribution in [1.82, 2.24) is 0 Å². The first kappa shape index (κ1) is 10.2. The molecule has 0 radical (unpaired) electrons. The SMILES string of the molecule is S=CS.c1ccc2ccccc2c1. The molecular formula is C11H10S2. The Bertz CT molecular complexity index is 317. The van der Waals surface area contributed by atoms with Crippen molar-refractivity contribution in [3.05, 3.63) is 48.5 Å². The second-order valence-corrected chi connectivity index (χ2v) is 3.30. The monoisotopic (exact) mass is 206 g/mol. The molecule has 0 saturated carbocycles. The minimum Gasteiger partial charge on any atom is -0.140 e. The third-order valence-corrected chi connectivity index (χ3v) is 1.66. The molecule has 0 bridgehead atoms. The van der Waals surface area contributed by atoms with Crippen molar-refractivity contribution in [2.45, 2.75) is 0 Å². The largest absolute Gasteiger partial charge is 0.140 e. The van der Waals surface area contributed by atoms with Crippen LogP contribution in [0.4, 0.5) is 0 Å². The van der Waals surface area contributed by atoms with Gasteiger partial charge in [-0.1, -0.05) is 60.7 Å². The van der Waals surface area contributed by atoms with Crippen LogP contribution in [0.15, 0.2) is 48.5 Å². The van der Waals surface area contributed by atoms with Crippen molar-refractivity contribution in [2.24, 2.45) is 0 Å². The van der Waals surface area contributed by atoms with Crippen molar-refractivity contribution >= 4 is 40.3 Å². The molecule has 0 aliphatic carbocycles. The zero-order valence-corrected chi connectivity index (χ0v) is 8.76. The second-order valence-electron chi connectivity index (χ2n) is 2.45. The molecule has 0 heterocycles. The van der Waals surface area contributed by atoms with E-state index in [1.807, 2.05) is 0 Å². The molecule has 0 N–H and O–H groups in total. The van der Waals surface area contributed by atoms with Crippen LogP contribution < -0.4 is 0 Å². The Kier molecular flexibility index (Phi) is 4.50. The molecule has 2 aromatic carbocycles. The van der Waals surface area contributed by atoms with Crippen LogP contribution in [0.3, 0.4) is 0 Å². The number of thiol groups is 1. The van der Waals surface area contributed by atoms with Crippen LogP contribution in [0.5, 0.6) is 0 Å². The van der Waals surface area contributed by atoms with E-state index in [9.17, 15) is 0 Å². The van der Waals surface area contributed by atoms with E-state index in [2.05, 4.69) is 73.4 Å². The topological polar surface area (TPSA) is 0 Å². The van der Waals surface area contributed by atoms with E-state index in [1.54, 1.807) is 0 Å². The first-order valence-electron chi connectivity index (χ1n) is 3.90. The van der Waals surface area contributed by atoms with Gasteiger partial charge >= 0.3 is 0 Å². The van der Waals surface area contributed by atoms with Gasteiger partial charge in [-0.2, -0.15) is 0 Å². The maximum Gasteiger partial charge on any atom is 0.0310 e. The first-order valence-corrected chi connectivity index (χ1v) is 4.89. The van der Waals surface area contributed by atoms with Gasteiger partial charge in [0.1, 0.15) is 0 Å². The Morgan fingerprint density at radius 1 is 0.846 bits per heavy atom. The molecular weight excluding hydrogens is 196 g/mol. The van der Waals surface area contributed by atoms with E-state index in [0.717, 1.165) is 0 Å². The lowest BCUT2D eigenvalue weighted by atomic mass is 10.1. The molecule has 0 aliphatic rings. The molecule has 0 amide bonds. The zero-order valence-electron chi connectivity index (χ0n) is 7.05. The van der Waals surface area contributed by atoms with Crippen LogP contribution in [0.1, 0.15) is 0 Å². The maximum atomic E-state index is 4.13. The zero-order chi connectivity index (χ0) is 9.52. The van der Waals surface area contributed by atoms with Gasteiger partial charge in [0.05, 0.1) is 0 Å². The van der Waals surface area contributed by atoms with E-state index in [1.165, 1.54) is 15.5 Å². The number of thiocarbonyl (C=S) groups is 1. The molecule has 13 heavy (non-hydrogen) atoms. The third-order valence-electron chi connectivity index (χ3n) is 1.66. The van der Waals surface area contributed by atoms with E-state index >= 15 is 0 Å². The third kappa shape index (κ3) is 3.17. The summed E-state index contributed by atoms with van der Waals surface area (Å²) in [4.78, 5) is 0. The molecule has 0 fully saturated rings. The van der Waals surface area contributed by atoms with Crippen LogP contribution >= 0.6 is 24.8 Å². The van der Waals surface area contributed by atoms with Gasteiger partial charge in [-0.05, 0) is 10.8 Å². The Morgan fingerprint density at radius 2 is 1.08 bits per heavy atom. The summed E-state index contributed by atoms with van der Waals surface area (Å²) in [5, 5.41) is 2.62. The summed E-state index contributed by atoms with van der Waals surface area (Å²) in [6, 6.07) is 16.7. The fourth-order valence-electron chi connectivity index (χ4n) is 1.13. The van der Waals surface area contributed by atoms with Crippen LogP contribution in [0, 0.1) is 0 Å². The van der Waals surface area contributed by atoms with E-state index in [0.29, 0.717) is 0 Å². The Balaban J connectivity index is 0.000000251. The molecule has 0 saturated heterocycles. The number of rotatable bonds is 0. The van der Waals surface area contributed by atoms with Crippen molar-refractivity contribution < 1.29 is 0 Å². The van der Waals surface area contributed by atoms with Gasteiger partial charge in [0.2, 0.25) is 0 Å². The van der Waals surface area contributed by atoms with Gasteiger partial charge in [0, 0.05) is 4.70 Å². The predicted molar refractivity (Wildman–Crippen MR) is 66.6 cm³/mol. The van der Waals surface area contributed by atoms with Gasteiger partial charge in [0.15, 0.2) is 0 Å². The lowest BCUT2D eigenvalue weighted by molar-refractivity contribution is 1.75. The molecule has 66 valence electrons. The average Bonchev–Trinajstić information content (AvgIpc) is 2.19. The molecule has 2 aromatic rings.